The monoisotopic (exact) mass is 380 g/mol. The molecule has 0 spiro atoms. The van der Waals surface area contributed by atoms with Crippen molar-refractivity contribution < 1.29 is 13.2 Å². The first-order valence-corrected chi connectivity index (χ1v) is 8.95. The molecule has 0 saturated carbocycles. The van der Waals surface area contributed by atoms with Crippen LogP contribution in [0.5, 0.6) is 0 Å². The number of halogens is 3. The van der Waals surface area contributed by atoms with E-state index < -0.39 is 11.7 Å². The van der Waals surface area contributed by atoms with Crippen molar-refractivity contribution in [3.05, 3.63) is 52.1 Å². The fourth-order valence-electron chi connectivity index (χ4n) is 3.33. The van der Waals surface area contributed by atoms with Gasteiger partial charge in [-0.15, -0.1) is 0 Å². The molecular formula is C19H23F3N4O. The Bertz CT molecular complexity index is 870. The molecule has 1 fully saturated rings. The third-order valence-corrected chi connectivity index (χ3v) is 4.76. The lowest BCUT2D eigenvalue weighted by Gasteiger charge is -2.28. The molecule has 146 valence electrons. The van der Waals surface area contributed by atoms with Gasteiger partial charge in [0.2, 0.25) is 0 Å². The molecule has 3 heterocycles. The number of alkyl halides is 3. The SMILES string of the molecule is CC(C)(C)c1ccc(=O)n(CC2CCCN2c2ncccc2C(F)(F)F)n1. The van der Waals surface area contributed by atoms with Crippen LogP contribution in [0.15, 0.2) is 35.3 Å². The van der Waals surface area contributed by atoms with Gasteiger partial charge in [0, 0.05) is 24.2 Å². The van der Waals surface area contributed by atoms with E-state index in [2.05, 4.69) is 10.1 Å². The van der Waals surface area contributed by atoms with E-state index in [9.17, 15) is 18.0 Å². The normalized spacial score (nSPS) is 18.1. The highest BCUT2D eigenvalue weighted by molar-refractivity contribution is 5.50. The number of aromatic nitrogens is 3. The summed E-state index contributed by atoms with van der Waals surface area (Å²) in [4.78, 5) is 17.9. The molecule has 0 bridgehead atoms. The lowest BCUT2D eigenvalue weighted by Crippen LogP contribution is -2.39. The van der Waals surface area contributed by atoms with Crippen LogP contribution in [-0.2, 0) is 18.1 Å². The maximum atomic E-state index is 13.4. The number of anilines is 1. The molecule has 5 nitrogen and oxygen atoms in total. The Labute approximate surface area is 155 Å². The van der Waals surface area contributed by atoms with Crippen molar-refractivity contribution in [2.45, 2.75) is 57.8 Å². The predicted octanol–water partition coefficient (Wildman–Crippen LogP) is 3.62. The van der Waals surface area contributed by atoms with Crippen LogP contribution >= 0.6 is 0 Å². The largest absolute Gasteiger partial charge is 0.419 e. The van der Waals surface area contributed by atoms with E-state index in [1.807, 2.05) is 20.8 Å². The molecule has 8 heteroatoms. The fraction of sp³-hybridized carbons (Fsp3) is 0.526. The van der Waals surface area contributed by atoms with E-state index in [4.69, 9.17) is 0 Å². The second kappa shape index (κ2) is 6.98. The molecule has 0 aliphatic carbocycles. The first kappa shape index (κ1) is 19.4. The van der Waals surface area contributed by atoms with Crippen molar-refractivity contribution in [2.75, 3.05) is 11.4 Å². The Kier molecular flexibility index (Phi) is 5.01. The molecule has 1 saturated heterocycles. The molecule has 0 N–H and O–H groups in total. The van der Waals surface area contributed by atoms with Crippen LogP contribution in [-0.4, -0.2) is 27.4 Å². The third-order valence-electron chi connectivity index (χ3n) is 4.76. The highest BCUT2D eigenvalue weighted by atomic mass is 19.4. The Morgan fingerprint density at radius 3 is 2.59 bits per heavy atom. The maximum absolute atomic E-state index is 13.4. The molecular weight excluding hydrogens is 357 g/mol. The van der Waals surface area contributed by atoms with Gasteiger partial charge in [-0.1, -0.05) is 20.8 Å². The number of hydrogen-bond acceptors (Lipinski definition) is 4. The van der Waals surface area contributed by atoms with Crippen LogP contribution < -0.4 is 10.5 Å². The Hall–Kier alpha value is -2.38. The second-order valence-corrected chi connectivity index (χ2v) is 7.85. The Balaban J connectivity index is 1.93. The summed E-state index contributed by atoms with van der Waals surface area (Å²) in [6.45, 7) is 6.69. The summed E-state index contributed by atoms with van der Waals surface area (Å²) in [6.07, 6.45) is -1.68. The molecule has 1 atom stereocenters. The van der Waals surface area contributed by atoms with Gasteiger partial charge in [0.25, 0.3) is 5.56 Å². The van der Waals surface area contributed by atoms with E-state index in [0.717, 1.165) is 18.2 Å². The Morgan fingerprint density at radius 1 is 1.19 bits per heavy atom. The molecule has 2 aromatic heterocycles. The van der Waals surface area contributed by atoms with Crippen molar-refractivity contribution in [3.63, 3.8) is 0 Å². The van der Waals surface area contributed by atoms with Gasteiger partial charge in [0.05, 0.1) is 23.8 Å². The third kappa shape index (κ3) is 4.14. The van der Waals surface area contributed by atoms with Gasteiger partial charge >= 0.3 is 6.18 Å². The quantitative estimate of drug-likeness (QED) is 0.816. The minimum absolute atomic E-state index is 0.0764. The van der Waals surface area contributed by atoms with Crippen molar-refractivity contribution in [1.82, 2.24) is 14.8 Å². The maximum Gasteiger partial charge on any atom is 0.419 e. The molecule has 1 aliphatic rings. The van der Waals surface area contributed by atoms with Crippen LogP contribution in [0.4, 0.5) is 19.0 Å². The molecule has 1 aliphatic heterocycles. The molecule has 0 amide bonds. The lowest BCUT2D eigenvalue weighted by atomic mass is 9.92. The zero-order valence-electron chi connectivity index (χ0n) is 15.6. The van der Waals surface area contributed by atoms with E-state index in [1.54, 1.807) is 11.0 Å². The van der Waals surface area contributed by atoms with Crippen molar-refractivity contribution in [1.29, 1.82) is 0 Å². The van der Waals surface area contributed by atoms with Gasteiger partial charge in [-0.05, 0) is 31.0 Å². The van der Waals surface area contributed by atoms with Gasteiger partial charge in [0.1, 0.15) is 5.82 Å². The van der Waals surface area contributed by atoms with Crippen LogP contribution in [0, 0.1) is 0 Å². The molecule has 0 aromatic carbocycles. The average molecular weight is 380 g/mol. The van der Waals surface area contributed by atoms with Crippen molar-refractivity contribution >= 4 is 5.82 Å². The summed E-state index contributed by atoms with van der Waals surface area (Å²) in [6, 6.07) is 5.24. The second-order valence-electron chi connectivity index (χ2n) is 7.85. The average Bonchev–Trinajstić information content (AvgIpc) is 3.03. The summed E-state index contributed by atoms with van der Waals surface area (Å²) in [7, 11) is 0. The number of nitrogens with zero attached hydrogens (tertiary/aromatic N) is 4. The van der Waals surface area contributed by atoms with E-state index in [0.29, 0.717) is 13.0 Å². The zero-order valence-corrected chi connectivity index (χ0v) is 15.6. The fourth-order valence-corrected chi connectivity index (χ4v) is 3.33. The van der Waals surface area contributed by atoms with Gasteiger partial charge in [-0.2, -0.15) is 18.3 Å². The molecule has 1 unspecified atom stereocenters. The highest BCUT2D eigenvalue weighted by Gasteiger charge is 2.38. The Morgan fingerprint density at radius 2 is 1.93 bits per heavy atom. The van der Waals surface area contributed by atoms with Gasteiger partial charge in [0.15, 0.2) is 0 Å². The molecule has 27 heavy (non-hydrogen) atoms. The first-order chi connectivity index (χ1) is 12.6. The summed E-state index contributed by atoms with van der Waals surface area (Å²) >= 11 is 0. The molecule has 0 radical (unpaired) electrons. The summed E-state index contributed by atoms with van der Waals surface area (Å²) in [5.41, 5.74) is -0.469. The van der Waals surface area contributed by atoms with Crippen molar-refractivity contribution in [3.8, 4) is 0 Å². The van der Waals surface area contributed by atoms with Crippen LogP contribution in [0.25, 0.3) is 0 Å². The zero-order chi connectivity index (χ0) is 19.8. The van der Waals surface area contributed by atoms with Crippen molar-refractivity contribution in [2.24, 2.45) is 0 Å². The minimum Gasteiger partial charge on any atom is -0.351 e. The van der Waals surface area contributed by atoms with Crippen LogP contribution in [0.2, 0.25) is 0 Å². The number of hydrogen-bond donors (Lipinski definition) is 0. The predicted molar refractivity (Wildman–Crippen MR) is 96.8 cm³/mol. The number of pyridine rings is 1. The minimum atomic E-state index is -4.47. The summed E-state index contributed by atoms with van der Waals surface area (Å²) in [5.74, 6) is -0.0764. The summed E-state index contributed by atoms with van der Waals surface area (Å²) in [5, 5.41) is 4.44. The standard InChI is InChI=1S/C19H23F3N4O/c1-18(2,3)15-8-9-16(27)26(24-15)12-13-6-5-11-25(13)17-14(19(20,21)22)7-4-10-23-17/h4,7-10,13H,5-6,11-12H2,1-3H3. The van der Waals surface area contributed by atoms with E-state index in [-0.39, 0.29) is 29.4 Å². The first-order valence-electron chi connectivity index (χ1n) is 8.95. The smallest absolute Gasteiger partial charge is 0.351 e. The molecule has 3 rings (SSSR count). The van der Waals surface area contributed by atoms with E-state index in [1.165, 1.54) is 23.0 Å². The van der Waals surface area contributed by atoms with Crippen LogP contribution in [0.3, 0.4) is 0 Å². The van der Waals surface area contributed by atoms with Gasteiger partial charge in [-0.3, -0.25) is 4.79 Å². The highest BCUT2D eigenvalue weighted by Crippen LogP contribution is 2.37. The topological polar surface area (TPSA) is 51.0 Å². The summed E-state index contributed by atoms with van der Waals surface area (Å²) < 4.78 is 41.5. The lowest BCUT2D eigenvalue weighted by molar-refractivity contribution is -0.137. The van der Waals surface area contributed by atoms with Gasteiger partial charge < -0.3 is 4.90 Å². The van der Waals surface area contributed by atoms with Gasteiger partial charge in [-0.25, -0.2) is 9.67 Å². The number of rotatable bonds is 3. The van der Waals surface area contributed by atoms with E-state index >= 15 is 0 Å². The van der Waals surface area contributed by atoms with Crippen LogP contribution in [0.1, 0.15) is 44.9 Å². The molecule has 2 aromatic rings.